The van der Waals surface area contributed by atoms with Gasteiger partial charge in [-0.1, -0.05) is 55.1 Å². The van der Waals surface area contributed by atoms with Crippen LogP contribution in [0.5, 0.6) is 0 Å². The monoisotopic (exact) mass is 1290 g/mol. The standard InChI is InChI=1S/C31H38Br2ClN3O3.C26H30Br2ClN3O/c1-31(2,3)40-30(39)37-10-6-19(7-11-37)14-26(38)36-12-8-20(9-13-36)28-27-21(16-24(34)17-25(27)33)4-5-22-15-23(32)18-35-29(22)28;27-20-12-19-2-1-18-13-21(29)14-22(28)24(18)25(26(19)31-15-20)17-5-9-32(10-6-17)23(33)11-16-3-7-30-8-4-16/h15-20,28H,4-14H2,1-3H3;12-17,25,30H,1-11H2. The van der Waals surface area contributed by atoms with Gasteiger partial charge in [0.1, 0.15) is 5.60 Å². The average Bonchev–Trinajstić information content (AvgIpc) is 3.62. The van der Waals surface area contributed by atoms with Crippen LogP contribution in [0.1, 0.15) is 142 Å². The van der Waals surface area contributed by atoms with Crippen molar-refractivity contribution in [2.45, 2.75) is 128 Å². The Hall–Kier alpha value is -2.59. The molecule has 4 saturated heterocycles. The lowest BCUT2D eigenvalue weighted by atomic mass is 9.76. The molecule has 2 aromatic heterocycles. The quantitative estimate of drug-likeness (QED) is 0.205. The first-order chi connectivity index (χ1) is 35.0. The molecule has 4 fully saturated rings. The van der Waals surface area contributed by atoms with Crippen molar-refractivity contribution in [1.82, 2.24) is 30.0 Å². The number of halogens is 6. The Morgan fingerprint density at radius 3 is 1.40 bits per heavy atom. The number of carbonyl (C=O) groups excluding carboxylic acids is 3. The topological polar surface area (TPSA) is 108 Å². The van der Waals surface area contributed by atoms with Gasteiger partial charge < -0.3 is 24.8 Å². The number of aryl methyl sites for hydroxylation is 4. The number of benzene rings is 2. The highest BCUT2D eigenvalue weighted by atomic mass is 79.9. The predicted molar refractivity (Wildman–Crippen MR) is 305 cm³/mol. The number of nitrogens with zero attached hydrogens (tertiary/aromatic N) is 5. The zero-order valence-corrected chi connectivity index (χ0v) is 50.1. The van der Waals surface area contributed by atoms with Crippen molar-refractivity contribution in [2.75, 3.05) is 52.4 Å². The third-order valence-electron chi connectivity index (χ3n) is 16.2. The minimum atomic E-state index is -0.493. The lowest BCUT2D eigenvalue weighted by molar-refractivity contribution is -0.134. The minimum Gasteiger partial charge on any atom is -0.444 e. The zero-order chi connectivity index (χ0) is 51.6. The molecule has 4 aliphatic heterocycles. The highest BCUT2D eigenvalue weighted by molar-refractivity contribution is 9.11. The number of carbonyl (C=O) groups is 3. The number of piperidine rings is 4. The van der Waals surface area contributed by atoms with Crippen molar-refractivity contribution in [3.05, 3.63) is 121 Å². The van der Waals surface area contributed by atoms with Crippen molar-refractivity contribution in [3.63, 3.8) is 0 Å². The van der Waals surface area contributed by atoms with Crippen molar-refractivity contribution in [1.29, 1.82) is 0 Å². The van der Waals surface area contributed by atoms with Crippen LogP contribution in [0.3, 0.4) is 0 Å². The van der Waals surface area contributed by atoms with Crippen LogP contribution < -0.4 is 5.32 Å². The van der Waals surface area contributed by atoms with Gasteiger partial charge in [-0.25, -0.2) is 4.79 Å². The summed E-state index contributed by atoms with van der Waals surface area (Å²) in [5.74, 6) is 2.68. The number of nitrogens with one attached hydrogen (secondary N) is 1. The maximum Gasteiger partial charge on any atom is 0.410 e. The van der Waals surface area contributed by atoms with Gasteiger partial charge in [-0.3, -0.25) is 19.6 Å². The molecular formula is C57H68Br4Cl2N6O4. The smallest absolute Gasteiger partial charge is 0.410 e. The molecule has 1 N–H and O–H groups in total. The first-order valence-corrected chi connectivity index (χ1v) is 30.4. The summed E-state index contributed by atoms with van der Waals surface area (Å²) in [7, 11) is 0. The fourth-order valence-electron chi connectivity index (χ4n) is 12.5. The molecule has 16 heteroatoms. The normalized spacial score (nSPS) is 21.1. The summed E-state index contributed by atoms with van der Waals surface area (Å²) < 4.78 is 9.68. The summed E-state index contributed by atoms with van der Waals surface area (Å²) >= 11 is 27.8. The van der Waals surface area contributed by atoms with Crippen molar-refractivity contribution in [2.24, 2.45) is 23.7 Å². The summed E-state index contributed by atoms with van der Waals surface area (Å²) in [4.78, 5) is 54.5. The average molecular weight is 1290 g/mol. The molecule has 2 atom stereocenters. The maximum absolute atomic E-state index is 13.3. The van der Waals surface area contributed by atoms with Crippen molar-refractivity contribution >= 4 is 105 Å². The number of aromatic nitrogens is 2. The fourth-order valence-corrected chi connectivity index (χ4v) is 15.5. The van der Waals surface area contributed by atoms with E-state index in [1.54, 1.807) is 4.90 Å². The second kappa shape index (κ2) is 24.4. The van der Waals surface area contributed by atoms with E-state index < -0.39 is 5.60 Å². The number of rotatable bonds is 6. The summed E-state index contributed by atoms with van der Waals surface area (Å²) in [5.41, 5.74) is 9.71. The summed E-state index contributed by atoms with van der Waals surface area (Å²) in [6, 6.07) is 12.7. The van der Waals surface area contributed by atoms with Crippen LogP contribution in [-0.4, -0.2) is 101 Å². The van der Waals surface area contributed by atoms with Gasteiger partial charge in [0.05, 0.1) is 11.4 Å². The number of pyridine rings is 2. The summed E-state index contributed by atoms with van der Waals surface area (Å²) in [6.45, 7) is 12.3. The van der Waals surface area contributed by atoms with Gasteiger partial charge in [0.15, 0.2) is 0 Å². The van der Waals surface area contributed by atoms with E-state index in [-0.39, 0.29) is 23.8 Å². The molecule has 0 radical (unpaired) electrons. The molecule has 0 bridgehead atoms. The van der Waals surface area contributed by atoms with Crippen LogP contribution in [-0.2, 0) is 40.0 Å². The largest absolute Gasteiger partial charge is 0.444 e. The summed E-state index contributed by atoms with van der Waals surface area (Å²) in [6.07, 6.45) is 16.5. The molecule has 6 heterocycles. The molecule has 0 spiro atoms. The first-order valence-electron chi connectivity index (χ1n) is 26.5. The predicted octanol–water partition coefficient (Wildman–Crippen LogP) is 13.9. The van der Waals surface area contributed by atoms with Crippen LogP contribution in [0.15, 0.2) is 66.7 Å². The molecule has 10 rings (SSSR count). The second-order valence-electron chi connectivity index (χ2n) is 22.2. The van der Waals surface area contributed by atoms with E-state index in [2.05, 4.69) is 103 Å². The molecule has 3 amide bonds. The molecule has 2 unspecified atom stereocenters. The van der Waals surface area contributed by atoms with Crippen LogP contribution in [0.25, 0.3) is 0 Å². The van der Waals surface area contributed by atoms with E-state index in [0.29, 0.717) is 55.5 Å². The van der Waals surface area contributed by atoms with Gasteiger partial charge in [0.25, 0.3) is 0 Å². The van der Waals surface area contributed by atoms with Gasteiger partial charge in [0.2, 0.25) is 11.8 Å². The molecule has 73 heavy (non-hydrogen) atoms. The van der Waals surface area contributed by atoms with E-state index in [9.17, 15) is 14.4 Å². The Morgan fingerprint density at radius 2 is 0.973 bits per heavy atom. The van der Waals surface area contributed by atoms with Crippen LogP contribution in [0, 0.1) is 23.7 Å². The second-order valence-corrected chi connectivity index (χ2v) is 26.6. The van der Waals surface area contributed by atoms with Crippen LogP contribution in [0.2, 0.25) is 10.0 Å². The lowest BCUT2D eigenvalue weighted by Gasteiger charge is -2.38. The Bertz CT molecular complexity index is 2660. The number of hydrogen-bond acceptors (Lipinski definition) is 7. The van der Waals surface area contributed by atoms with Crippen LogP contribution >= 0.6 is 86.9 Å². The molecule has 6 aliphatic rings. The highest BCUT2D eigenvalue weighted by Gasteiger charge is 2.39. The highest BCUT2D eigenvalue weighted by Crippen LogP contribution is 2.48. The zero-order valence-electron chi connectivity index (χ0n) is 42.3. The Morgan fingerprint density at radius 1 is 0.575 bits per heavy atom. The number of hydrogen-bond donors (Lipinski definition) is 1. The Kier molecular flexibility index (Phi) is 18.4. The maximum atomic E-state index is 13.3. The summed E-state index contributed by atoms with van der Waals surface area (Å²) in [5, 5.41) is 4.92. The number of ether oxygens (including phenoxy) is 1. The van der Waals surface area contributed by atoms with Gasteiger partial charge in [-0.05, 0) is 236 Å². The Labute approximate surface area is 475 Å². The third-order valence-corrected chi connectivity index (χ3v) is 18.8. The van der Waals surface area contributed by atoms with E-state index in [4.69, 9.17) is 37.9 Å². The van der Waals surface area contributed by atoms with E-state index in [1.807, 2.05) is 45.3 Å². The van der Waals surface area contributed by atoms with E-state index in [0.717, 1.165) is 150 Å². The lowest BCUT2D eigenvalue weighted by Crippen LogP contribution is -2.44. The van der Waals surface area contributed by atoms with Gasteiger partial charge >= 0.3 is 6.09 Å². The van der Waals surface area contributed by atoms with Gasteiger partial charge in [-0.2, -0.15) is 0 Å². The molecular weight excluding hydrogens is 1220 g/mol. The number of likely N-dealkylation sites (tertiary alicyclic amines) is 3. The molecule has 2 aromatic carbocycles. The minimum absolute atomic E-state index is 0.168. The Balaban J connectivity index is 0.000000183. The number of amides is 3. The molecule has 4 aromatic rings. The van der Waals surface area contributed by atoms with E-state index >= 15 is 0 Å². The molecule has 2 aliphatic carbocycles. The molecule has 10 nitrogen and oxygen atoms in total. The van der Waals surface area contributed by atoms with Gasteiger partial charge in [0, 0.05) is 104 Å². The third kappa shape index (κ3) is 13.6. The SMILES string of the molecule is CC(C)(C)OC(=O)N1CCC(CC(=O)N2CCC(C3c4ncc(Br)cc4CCc4cc(Cl)cc(Br)c43)CC2)CC1.O=C(CC1CCNCC1)N1CCC(C2c3ncc(Br)cc3CCc3cc(Cl)cc(Br)c32)CC1. The first kappa shape index (κ1) is 55.2. The fraction of sp³-hybridized carbons (Fsp3) is 0.561. The number of fused-ring (bicyclic) bond motifs is 4. The van der Waals surface area contributed by atoms with Crippen molar-refractivity contribution in [3.8, 4) is 0 Å². The molecule has 0 saturated carbocycles. The van der Waals surface area contributed by atoms with Gasteiger partial charge in [-0.15, -0.1) is 0 Å². The van der Waals surface area contributed by atoms with E-state index in [1.165, 1.54) is 39.1 Å². The van der Waals surface area contributed by atoms with Crippen LogP contribution in [0.4, 0.5) is 4.79 Å². The van der Waals surface area contributed by atoms with Crippen molar-refractivity contribution < 1.29 is 19.1 Å². The molecule has 392 valence electrons.